The highest BCUT2D eigenvalue weighted by Gasteiger charge is 2.26. The van der Waals surface area contributed by atoms with Crippen LogP contribution in [0.5, 0.6) is 0 Å². The summed E-state index contributed by atoms with van der Waals surface area (Å²) in [4.78, 5) is 38.6. The average molecular weight is 377 g/mol. The van der Waals surface area contributed by atoms with E-state index in [1.165, 1.54) is 12.0 Å². The highest BCUT2D eigenvalue weighted by atomic mass is 35.5. The van der Waals surface area contributed by atoms with E-state index < -0.39 is 5.97 Å². The fourth-order valence-electron chi connectivity index (χ4n) is 2.95. The molecule has 1 heterocycles. The number of ether oxygens (including phenoxy) is 1. The zero-order chi connectivity index (χ0) is 19.6. The maximum absolute atomic E-state index is 12.8. The number of Topliss-reactive ketones (excluding diaryl/α,β-unsaturated/α-hetero) is 1. The standard InChI is InChI=1S/C19H21ClN2O4/c1-11-16(12(2)22(4)17(11)19(25)26-5)15(23)10-21(3)18(24)13-6-8-14(20)9-7-13/h6-9H,10H2,1-5H3. The quantitative estimate of drug-likeness (QED) is 0.594. The molecule has 0 unspecified atom stereocenters. The lowest BCUT2D eigenvalue weighted by Crippen LogP contribution is -2.32. The van der Waals surface area contributed by atoms with Crippen molar-refractivity contribution in [1.82, 2.24) is 9.47 Å². The molecule has 0 aliphatic carbocycles. The number of ketones is 1. The van der Waals surface area contributed by atoms with Gasteiger partial charge in [-0.1, -0.05) is 11.6 Å². The average Bonchev–Trinajstić information content (AvgIpc) is 2.83. The number of carbonyl (C=O) groups is 3. The van der Waals surface area contributed by atoms with Crippen molar-refractivity contribution < 1.29 is 19.1 Å². The van der Waals surface area contributed by atoms with Gasteiger partial charge in [0.15, 0.2) is 5.78 Å². The number of rotatable bonds is 5. The molecule has 0 aliphatic heterocycles. The largest absolute Gasteiger partial charge is 0.464 e. The molecule has 6 nitrogen and oxygen atoms in total. The van der Waals surface area contributed by atoms with Crippen LogP contribution >= 0.6 is 11.6 Å². The van der Waals surface area contributed by atoms with Crippen LogP contribution in [0.25, 0.3) is 0 Å². The number of hydrogen-bond acceptors (Lipinski definition) is 4. The molecule has 0 N–H and O–H groups in total. The minimum atomic E-state index is -0.502. The smallest absolute Gasteiger partial charge is 0.354 e. The Morgan fingerprint density at radius 3 is 2.27 bits per heavy atom. The summed E-state index contributed by atoms with van der Waals surface area (Å²) in [6.07, 6.45) is 0. The van der Waals surface area contributed by atoms with Crippen LogP contribution in [-0.4, -0.2) is 47.8 Å². The molecule has 0 bridgehead atoms. The normalized spacial score (nSPS) is 10.5. The Hall–Kier alpha value is -2.60. The Morgan fingerprint density at radius 2 is 1.73 bits per heavy atom. The molecule has 0 spiro atoms. The molecule has 0 aliphatic rings. The van der Waals surface area contributed by atoms with Gasteiger partial charge in [-0.25, -0.2) is 4.79 Å². The van der Waals surface area contributed by atoms with E-state index in [9.17, 15) is 14.4 Å². The Labute approximate surface area is 157 Å². The van der Waals surface area contributed by atoms with Crippen LogP contribution < -0.4 is 0 Å². The topological polar surface area (TPSA) is 68.6 Å². The third-order valence-corrected chi connectivity index (χ3v) is 4.66. The van der Waals surface area contributed by atoms with Crippen molar-refractivity contribution in [3.05, 3.63) is 57.4 Å². The molecule has 138 valence electrons. The fourth-order valence-corrected chi connectivity index (χ4v) is 3.08. The Kier molecular flexibility index (Phi) is 5.87. The van der Waals surface area contributed by atoms with Crippen LogP contribution in [0.2, 0.25) is 5.02 Å². The summed E-state index contributed by atoms with van der Waals surface area (Å²) in [7, 11) is 4.56. The van der Waals surface area contributed by atoms with E-state index in [2.05, 4.69) is 0 Å². The number of halogens is 1. The van der Waals surface area contributed by atoms with Gasteiger partial charge in [-0.3, -0.25) is 9.59 Å². The van der Waals surface area contributed by atoms with Crippen LogP contribution in [0.1, 0.15) is 42.5 Å². The molecular formula is C19H21ClN2O4. The van der Waals surface area contributed by atoms with Crippen molar-refractivity contribution >= 4 is 29.3 Å². The summed E-state index contributed by atoms with van der Waals surface area (Å²) in [6.45, 7) is 3.36. The summed E-state index contributed by atoms with van der Waals surface area (Å²) < 4.78 is 6.42. The van der Waals surface area contributed by atoms with Gasteiger partial charge in [0.1, 0.15) is 5.69 Å². The van der Waals surface area contributed by atoms with Crippen molar-refractivity contribution in [2.75, 3.05) is 20.7 Å². The summed E-state index contributed by atoms with van der Waals surface area (Å²) in [5.41, 5.74) is 2.42. The first kappa shape index (κ1) is 19.7. The van der Waals surface area contributed by atoms with Gasteiger partial charge in [0.25, 0.3) is 5.91 Å². The molecule has 1 aromatic heterocycles. The molecule has 0 saturated carbocycles. The van der Waals surface area contributed by atoms with E-state index in [1.54, 1.807) is 56.8 Å². The van der Waals surface area contributed by atoms with Gasteiger partial charge in [-0.2, -0.15) is 0 Å². The Morgan fingerprint density at radius 1 is 1.15 bits per heavy atom. The third kappa shape index (κ3) is 3.65. The van der Waals surface area contributed by atoms with E-state index in [-0.39, 0.29) is 18.2 Å². The zero-order valence-electron chi connectivity index (χ0n) is 15.4. The molecule has 2 rings (SSSR count). The highest BCUT2D eigenvalue weighted by Crippen LogP contribution is 2.23. The number of esters is 1. The van der Waals surface area contributed by atoms with E-state index in [0.29, 0.717) is 33.1 Å². The van der Waals surface area contributed by atoms with Crippen LogP contribution in [0, 0.1) is 13.8 Å². The predicted molar refractivity (Wildman–Crippen MR) is 99.0 cm³/mol. The monoisotopic (exact) mass is 376 g/mol. The summed E-state index contributed by atoms with van der Waals surface area (Å²) in [6, 6.07) is 6.47. The van der Waals surface area contributed by atoms with Crippen molar-refractivity contribution in [3.8, 4) is 0 Å². The molecule has 0 radical (unpaired) electrons. The second-order valence-corrected chi connectivity index (χ2v) is 6.51. The van der Waals surface area contributed by atoms with Crippen molar-refractivity contribution in [2.24, 2.45) is 7.05 Å². The maximum atomic E-state index is 12.8. The van der Waals surface area contributed by atoms with Crippen LogP contribution in [0.3, 0.4) is 0 Å². The molecule has 1 amide bonds. The second kappa shape index (κ2) is 7.74. The Balaban J connectivity index is 2.26. The van der Waals surface area contributed by atoms with Gasteiger partial charge in [0, 0.05) is 35.9 Å². The van der Waals surface area contributed by atoms with E-state index in [1.807, 2.05) is 0 Å². The Bertz CT molecular complexity index is 869. The number of hydrogen-bond donors (Lipinski definition) is 0. The van der Waals surface area contributed by atoms with Crippen LogP contribution in [0.15, 0.2) is 24.3 Å². The molecular weight excluding hydrogens is 356 g/mol. The van der Waals surface area contributed by atoms with Crippen molar-refractivity contribution in [3.63, 3.8) is 0 Å². The summed E-state index contributed by atoms with van der Waals surface area (Å²) in [5.74, 6) is -1.03. The van der Waals surface area contributed by atoms with Crippen molar-refractivity contribution in [1.29, 1.82) is 0 Å². The number of nitrogens with zero attached hydrogens (tertiary/aromatic N) is 2. The number of amides is 1. The van der Waals surface area contributed by atoms with Gasteiger partial charge in [0.05, 0.1) is 13.7 Å². The van der Waals surface area contributed by atoms with E-state index in [4.69, 9.17) is 16.3 Å². The van der Waals surface area contributed by atoms with Gasteiger partial charge < -0.3 is 14.2 Å². The van der Waals surface area contributed by atoms with Gasteiger partial charge in [-0.05, 0) is 43.7 Å². The zero-order valence-corrected chi connectivity index (χ0v) is 16.2. The number of aromatic nitrogens is 1. The number of methoxy groups -OCH3 is 1. The summed E-state index contributed by atoms with van der Waals surface area (Å²) >= 11 is 5.83. The first-order valence-electron chi connectivity index (χ1n) is 7.97. The third-order valence-electron chi connectivity index (χ3n) is 4.41. The SMILES string of the molecule is COC(=O)c1c(C)c(C(=O)CN(C)C(=O)c2ccc(Cl)cc2)c(C)n1C. The lowest BCUT2D eigenvalue weighted by molar-refractivity contribution is 0.0588. The fraction of sp³-hybridized carbons (Fsp3) is 0.316. The van der Waals surface area contributed by atoms with E-state index >= 15 is 0 Å². The van der Waals surface area contributed by atoms with Crippen LogP contribution in [0.4, 0.5) is 0 Å². The maximum Gasteiger partial charge on any atom is 0.354 e. The molecule has 0 atom stereocenters. The molecule has 2 aromatic rings. The minimum absolute atomic E-state index is 0.103. The molecule has 7 heteroatoms. The lowest BCUT2D eigenvalue weighted by Gasteiger charge is -2.17. The molecule has 0 saturated heterocycles. The molecule has 0 fully saturated rings. The molecule has 26 heavy (non-hydrogen) atoms. The number of likely N-dealkylation sites (N-methyl/N-ethyl adjacent to an activating group) is 1. The second-order valence-electron chi connectivity index (χ2n) is 6.08. The van der Waals surface area contributed by atoms with Gasteiger partial charge in [0.2, 0.25) is 0 Å². The molecule has 1 aromatic carbocycles. The summed E-state index contributed by atoms with van der Waals surface area (Å²) in [5, 5.41) is 0.533. The van der Waals surface area contributed by atoms with Gasteiger partial charge in [-0.15, -0.1) is 0 Å². The van der Waals surface area contributed by atoms with Gasteiger partial charge >= 0.3 is 5.97 Å². The van der Waals surface area contributed by atoms with E-state index in [0.717, 1.165) is 0 Å². The first-order chi connectivity index (χ1) is 12.2. The van der Waals surface area contributed by atoms with Crippen molar-refractivity contribution in [2.45, 2.75) is 13.8 Å². The minimum Gasteiger partial charge on any atom is -0.464 e. The predicted octanol–water partition coefficient (Wildman–Crippen LogP) is 3.04. The lowest BCUT2D eigenvalue weighted by atomic mass is 10.0. The highest BCUT2D eigenvalue weighted by molar-refractivity contribution is 6.30. The number of benzene rings is 1. The first-order valence-corrected chi connectivity index (χ1v) is 8.35. The number of carbonyl (C=O) groups excluding carboxylic acids is 3. The van der Waals surface area contributed by atoms with Crippen LogP contribution in [-0.2, 0) is 11.8 Å².